The zero-order chi connectivity index (χ0) is 18.5. The number of primary sulfonamides is 1. The van der Waals surface area contributed by atoms with Gasteiger partial charge in [0.1, 0.15) is 0 Å². The summed E-state index contributed by atoms with van der Waals surface area (Å²) >= 11 is 0. The van der Waals surface area contributed by atoms with Gasteiger partial charge in [0, 0.05) is 24.0 Å². The second-order valence-corrected chi connectivity index (χ2v) is 8.50. The Bertz CT molecular complexity index is 987. The second-order valence-electron chi connectivity index (χ2n) is 6.94. The number of sulfonamides is 1. The summed E-state index contributed by atoms with van der Waals surface area (Å²) in [5.74, 6) is 0.0238. The minimum Gasteiger partial charge on any atom is -0.359 e. The molecule has 1 atom stereocenters. The normalized spacial score (nSPS) is 18.8. The van der Waals surface area contributed by atoms with Crippen LogP contribution in [0.5, 0.6) is 0 Å². The minimum absolute atomic E-state index is 0.0238. The molecule has 2 aromatic carbocycles. The van der Waals surface area contributed by atoms with E-state index in [2.05, 4.69) is 24.0 Å². The van der Waals surface area contributed by atoms with Gasteiger partial charge in [-0.05, 0) is 55.2 Å². The highest BCUT2D eigenvalue weighted by molar-refractivity contribution is 7.89. The predicted octanol–water partition coefficient (Wildman–Crippen LogP) is 1.67. The van der Waals surface area contributed by atoms with Gasteiger partial charge in [-0.1, -0.05) is 18.2 Å². The number of hydrogen-bond acceptors (Lipinski definition) is 4. The fraction of sp³-hybridized carbons (Fsp3) is 0.316. The van der Waals surface area contributed by atoms with Crippen LogP contribution in [0.2, 0.25) is 0 Å². The molecule has 0 radical (unpaired) electrons. The van der Waals surface area contributed by atoms with Gasteiger partial charge >= 0.3 is 0 Å². The van der Waals surface area contributed by atoms with Gasteiger partial charge in [0.15, 0.2) is 0 Å². The molecule has 6 nitrogen and oxygen atoms in total. The lowest BCUT2D eigenvalue weighted by molar-refractivity contribution is -0.117. The molecule has 2 aliphatic heterocycles. The number of nitrogens with zero attached hydrogens (tertiary/aromatic N) is 2. The van der Waals surface area contributed by atoms with Crippen LogP contribution in [0.3, 0.4) is 0 Å². The maximum absolute atomic E-state index is 12.9. The zero-order valence-electron chi connectivity index (χ0n) is 14.6. The summed E-state index contributed by atoms with van der Waals surface area (Å²) in [7, 11) is -3.73. The highest BCUT2D eigenvalue weighted by Crippen LogP contribution is 2.33. The predicted molar refractivity (Wildman–Crippen MR) is 101 cm³/mol. The SMILES string of the molecule is CC1Cc2ccccc2N1CC(=O)N1CCc2cc(S(N)(=O)=O)ccc21. The number of carbonyl (C=O) groups excluding carboxylic acids is 1. The van der Waals surface area contributed by atoms with E-state index < -0.39 is 10.0 Å². The van der Waals surface area contributed by atoms with E-state index in [9.17, 15) is 13.2 Å². The third-order valence-electron chi connectivity index (χ3n) is 5.23. The number of benzene rings is 2. The molecule has 0 saturated heterocycles. The lowest BCUT2D eigenvalue weighted by Crippen LogP contribution is -2.42. The highest BCUT2D eigenvalue weighted by atomic mass is 32.2. The highest BCUT2D eigenvalue weighted by Gasteiger charge is 2.31. The van der Waals surface area contributed by atoms with Gasteiger partial charge in [-0.2, -0.15) is 0 Å². The molecule has 0 spiro atoms. The summed E-state index contributed by atoms with van der Waals surface area (Å²) in [6.07, 6.45) is 1.58. The number of anilines is 2. The van der Waals surface area contributed by atoms with Crippen LogP contribution in [0.25, 0.3) is 0 Å². The van der Waals surface area contributed by atoms with Crippen LogP contribution in [0.4, 0.5) is 11.4 Å². The first kappa shape index (κ1) is 17.1. The second kappa shape index (κ2) is 6.10. The number of para-hydroxylation sites is 1. The van der Waals surface area contributed by atoms with Crippen molar-refractivity contribution in [2.45, 2.75) is 30.7 Å². The van der Waals surface area contributed by atoms with E-state index >= 15 is 0 Å². The number of rotatable bonds is 3. The number of hydrogen-bond donors (Lipinski definition) is 1. The summed E-state index contributed by atoms with van der Waals surface area (Å²) in [5.41, 5.74) is 4.02. The first-order chi connectivity index (χ1) is 12.3. The molecule has 4 rings (SSSR count). The fourth-order valence-corrected chi connectivity index (χ4v) is 4.48. The van der Waals surface area contributed by atoms with E-state index in [4.69, 9.17) is 5.14 Å². The summed E-state index contributed by atoms with van der Waals surface area (Å²) in [5, 5.41) is 5.20. The van der Waals surface area contributed by atoms with Gasteiger partial charge in [-0.3, -0.25) is 4.79 Å². The zero-order valence-corrected chi connectivity index (χ0v) is 15.4. The summed E-state index contributed by atoms with van der Waals surface area (Å²) in [6.45, 7) is 3.00. The molecule has 2 N–H and O–H groups in total. The third kappa shape index (κ3) is 2.87. The summed E-state index contributed by atoms with van der Waals surface area (Å²) in [6, 6.07) is 13.2. The largest absolute Gasteiger partial charge is 0.359 e. The molecule has 0 aromatic heterocycles. The molecule has 26 heavy (non-hydrogen) atoms. The van der Waals surface area contributed by atoms with Crippen molar-refractivity contribution in [3.63, 3.8) is 0 Å². The quantitative estimate of drug-likeness (QED) is 0.890. The summed E-state index contributed by atoms with van der Waals surface area (Å²) < 4.78 is 23.0. The van der Waals surface area contributed by atoms with Crippen molar-refractivity contribution < 1.29 is 13.2 Å². The van der Waals surface area contributed by atoms with Gasteiger partial charge in [0.2, 0.25) is 15.9 Å². The molecule has 2 aromatic rings. The van der Waals surface area contributed by atoms with Gasteiger partial charge in [-0.25, -0.2) is 13.6 Å². The Morgan fingerprint density at radius 3 is 2.69 bits per heavy atom. The van der Waals surface area contributed by atoms with Crippen molar-refractivity contribution in [1.82, 2.24) is 0 Å². The van der Waals surface area contributed by atoms with E-state index in [1.54, 1.807) is 17.0 Å². The van der Waals surface area contributed by atoms with Crippen LogP contribution in [0, 0.1) is 0 Å². The molecule has 136 valence electrons. The molecule has 2 aliphatic rings. The average molecular weight is 371 g/mol. The van der Waals surface area contributed by atoms with Crippen LogP contribution in [0.15, 0.2) is 47.4 Å². The lowest BCUT2D eigenvalue weighted by Gasteiger charge is -2.27. The Balaban J connectivity index is 1.57. The molecule has 0 fully saturated rings. The molecule has 0 saturated carbocycles. The van der Waals surface area contributed by atoms with E-state index in [0.29, 0.717) is 19.5 Å². The number of fused-ring (bicyclic) bond motifs is 2. The molecular formula is C19H21N3O3S. The molecule has 1 unspecified atom stereocenters. The Morgan fingerprint density at radius 1 is 1.15 bits per heavy atom. The van der Waals surface area contributed by atoms with Gasteiger partial charge < -0.3 is 9.80 Å². The minimum atomic E-state index is -3.73. The fourth-order valence-electron chi connectivity index (χ4n) is 3.92. The maximum Gasteiger partial charge on any atom is 0.246 e. The molecule has 0 aliphatic carbocycles. The van der Waals surface area contributed by atoms with Gasteiger partial charge in [-0.15, -0.1) is 0 Å². The number of carbonyl (C=O) groups is 1. The smallest absolute Gasteiger partial charge is 0.246 e. The lowest BCUT2D eigenvalue weighted by atomic mass is 10.1. The van der Waals surface area contributed by atoms with Crippen LogP contribution in [-0.4, -0.2) is 33.5 Å². The Hall–Kier alpha value is -2.38. The van der Waals surface area contributed by atoms with Crippen molar-refractivity contribution in [3.05, 3.63) is 53.6 Å². The van der Waals surface area contributed by atoms with Crippen LogP contribution in [-0.2, 0) is 27.7 Å². The number of nitrogens with two attached hydrogens (primary N) is 1. The first-order valence-electron chi connectivity index (χ1n) is 8.65. The maximum atomic E-state index is 12.9. The molecule has 0 bridgehead atoms. The van der Waals surface area contributed by atoms with Gasteiger partial charge in [0.25, 0.3) is 0 Å². The van der Waals surface area contributed by atoms with Crippen molar-refractivity contribution in [2.24, 2.45) is 5.14 Å². The van der Waals surface area contributed by atoms with Crippen LogP contribution < -0.4 is 14.9 Å². The summed E-state index contributed by atoms with van der Waals surface area (Å²) in [4.78, 5) is 16.9. The Morgan fingerprint density at radius 2 is 1.92 bits per heavy atom. The van der Waals surface area contributed by atoms with Crippen molar-refractivity contribution >= 4 is 27.3 Å². The van der Waals surface area contributed by atoms with Crippen LogP contribution in [0.1, 0.15) is 18.1 Å². The Labute approximate surface area is 153 Å². The molecular weight excluding hydrogens is 350 g/mol. The van der Waals surface area contributed by atoms with Crippen molar-refractivity contribution in [3.8, 4) is 0 Å². The van der Waals surface area contributed by atoms with Crippen molar-refractivity contribution in [2.75, 3.05) is 22.9 Å². The Kier molecular flexibility index (Phi) is 4.00. The van der Waals surface area contributed by atoms with E-state index in [0.717, 1.165) is 23.4 Å². The molecule has 1 amide bonds. The van der Waals surface area contributed by atoms with E-state index in [-0.39, 0.29) is 16.8 Å². The number of amides is 1. The molecule has 2 heterocycles. The molecule has 7 heteroatoms. The average Bonchev–Trinajstić information content (AvgIpc) is 3.15. The van der Waals surface area contributed by atoms with E-state index in [1.165, 1.54) is 11.6 Å². The first-order valence-corrected chi connectivity index (χ1v) is 10.2. The third-order valence-corrected chi connectivity index (χ3v) is 6.14. The van der Waals surface area contributed by atoms with E-state index in [1.807, 2.05) is 12.1 Å². The monoisotopic (exact) mass is 371 g/mol. The van der Waals surface area contributed by atoms with Gasteiger partial charge in [0.05, 0.1) is 11.4 Å². The van der Waals surface area contributed by atoms with Crippen molar-refractivity contribution in [1.29, 1.82) is 0 Å². The van der Waals surface area contributed by atoms with Crippen LogP contribution >= 0.6 is 0 Å². The topological polar surface area (TPSA) is 83.7 Å². The standard InChI is InChI=1S/C19H21N3O3S/c1-13-10-14-4-2-3-5-17(14)22(13)12-19(23)21-9-8-15-11-16(26(20,24)25)6-7-18(15)21/h2-7,11,13H,8-10,12H2,1H3,(H2,20,24,25).